The largest absolute Gasteiger partial charge is 0.393 e. The van der Waals surface area contributed by atoms with Gasteiger partial charge in [0.15, 0.2) is 0 Å². The van der Waals surface area contributed by atoms with Gasteiger partial charge in [-0.25, -0.2) is 0 Å². The van der Waals surface area contributed by atoms with Gasteiger partial charge in [0.05, 0.1) is 24.4 Å². The van der Waals surface area contributed by atoms with Crippen LogP contribution in [0, 0.1) is 0 Å². The summed E-state index contributed by atoms with van der Waals surface area (Å²) in [6, 6.07) is 0. The average Bonchev–Trinajstić information content (AvgIpc) is 2.16. The normalized spacial score (nSPS) is 19.6. The molecule has 0 radical (unpaired) electrons. The number of hydrogen-bond donors (Lipinski definition) is 2. The molecule has 0 aliphatic carbocycles. The number of rotatable bonds is 8. The molecule has 0 amide bonds. The Bertz CT molecular complexity index is 216. The van der Waals surface area contributed by atoms with Crippen molar-refractivity contribution in [3.05, 3.63) is 23.2 Å². The van der Waals surface area contributed by atoms with Crippen LogP contribution in [0.5, 0.6) is 0 Å². The molecule has 3 nitrogen and oxygen atoms in total. The van der Waals surface area contributed by atoms with Gasteiger partial charge in [-0.15, -0.1) is 0 Å². The molecule has 0 rings (SSSR count). The number of ether oxygens (including phenoxy) is 1. The lowest BCUT2D eigenvalue weighted by Gasteiger charge is -2.22. The second-order valence-corrected chi connectivity index (χ2v) is 4.52. The fraction of sp³-hybridized carbons (Fsp3) is 0.667. The molecule has 5 heteroatoms. The lowest BCUT2D eigenvalue weighted by atomic mass is 10.1. The lowest BCUT2D eigenvalue weighted by Crippen LogP contribution is -2.25. The Morgan fingerprint density at radius 3 is 1.53 bits per heavy atom. The third-order valence-corrected chi connectivity index (χ3v) is 2.36. The molecular formula is C12H20Cl2O3. The molecule has 0 heterocycles. The third-order valence-electron chi connectivity index (χ3n) is 2.07. The van der Waals surface area contributed by atoms with Gasteiger partial charge in [-0.2, -0.15) is 0 Å². The van der Waals surface area contributed by atoms with E-state index in [0.29, 0.717) is 12.8 Å². The first-order valence-corrected chi connectivity index (χ1v) is 6.42. The summed E-state index contributed by atoms with van der Waals surface area (Å²) in [7, 11) is 0. The lowest BCUT2D eigenvalue weighted by molar-refractivity contribution is -0.00654. The highest BCUT2D eigenvalue weighted by Gasteiger charge is 2.16. The summed E-state index contributed by atoms with van der Waals surface area (Å²) >= 11 is 11.0. The zero-order valence-electron chi connectivity index (χ0n) is 10.1. The molecule has 0 aliphatic heterocycles. The highest BCUT2D eigenvalue weighted by atomic mass is 35.5. The van der Waals surface area contributed by atoms with E-state index in [0.717, 1.165) is 0 Å². The summed E-state index contributed by atoms with van der Waals surface area (Å²) in [5.74, 6) is 0. The number of aliphatic hydroxyl groups is 2. The Morgan fingerprint density at radius 1 is 0.941 bits per heavy atom. The van der Waals surface area contributed by atoms with E-state index in [1.165, 1.54) is 11.1 Å². The minimum Gasteiger partial charge on any atom is -0.393 e. The molecule has 4 atom stereocenters. The molecule has 0 aliphatic rings. The second-order valence-electron chi connectivity index (χ2n) is 4.02. The van der Waals surface area contributed by atoms with Crippen LogP contribution in [0.4, 0.5) is 0 Å². The summed E-state index contributed by atoms with van der Waals surface area (Å²) < 4.78 is 5.69. The monoisotopic (exact) mass is 282 g/mol. The van der Waals surface area contributed by atoms with Crippen molar-refractivity contribution in [1.29, 1.82) is 0 Å². The van der Waals surface area contributed by atoms with Gasteiger partial charge in [-0.1, -0.05) is 23.2 Å². The molecule has 0 spiro atoms. The highest BCUT2D eigenvalue weighted by Crippen LogP contribution is 2.14. The van der Waals surface area contributed by atoms with Crippen molar-refractivity contribution in [3.63, 3.8) is 0 Å². The Hall–Kier alpha value is -0.0600. The van der Waals surface area contributed by atoms with E-state index in [9.17, 15) is 10.2 Å². The summed E-state index contributed by atoms with van der Waals surface area (Å²) in [5, 5.41) is 18.6. The van der Waals surface area contributed by atoms with Crippen LogP contribution in [0.15, 0.2) is 23.2 Å². The topological polar surface area (TPSA) is 49.7 Å². The van der Waals surface area contributed by atoms with Gasteiger partial charge < -0.3 is 14.9 Å². The summed E-state index contributed by atoms with van der Waals surface area (Å²) in [6.45, 7) is 3.36. The Labute approximate surface area is 113 Å². The van der Waals surface area contributed by atoms with Gasteiger partial charge in [0.25, 0.3) is 0 Å². The van der Waals surface area contributed by atoms with Gasteiger partial charge in [0.1, 0.15) is 0 Å². The summed E-state index contributed by atoms with van der Waals surface area (Å²) in [5.41, 5.74) is 2.72. The molecule has 0 aromatic heterocycles. The van der Waals surface area contributed by atoms with E-state index >= 15 is 0 Å². The molecule has 0 bridgehead atoms. The third kappa shape index (κ3) is 9.62. The van der Waals surface area contributed by atoms with Crippen LogP contribution in [-0.4, -0.2) is 34.6 Å². The van der Waals surface area contributed by atoms with Crippen LogP contribution in [0.3, 0.4) is 0 Å². The van der Waals surface area contributed by atoms with Crippen LogP contribution in [0.25, 0.3) is 0 Å². The Morgan fingerprint density at radius 2 is 1.29 bits per heavy atom. The average molecular weight is 283 g/mol. The molecule has 17 heavy (non-hydrogen) atoms. The first-order chi connectivity index (χ1) is 7.99. The fourth-order valence-electron chi connectivity index (χ4n) is 1.42. The molecule has 0 saturated carbocycles. The summed E-state index contributed by atoms with van der Waals surface area (Å²) in [6.07, 6.45) is 2.62. The standard InChI is InChI=1S/C12H20Cl2O3/c1-9(15)7-11(3-5-13)17-12(4-6-14)8-10(2)16/h3-6,9-12,15-16H,7-8H2,1-2H3. The maximum atomic E-state index is 9.32. The number of halogens is 2. The molecule has 0 fully saturated rings. The van der Waals surface area contributed by atoms with Gasteiger partial charge in [-0.05, 0) is 26.0 Å². The maximum absolute atomic E-state index is 9.32. The SMILES string of the molecule is CC(O)CC(C=CCl)OC(C=CCl)CC(C)O. The Balaban J connectivity index is 4.43. The van der Waals surface area contributed by atoms with Crippen molar-refractivity contribution in [1.82, 2.24) is 0 Å². The van der Waals surface area contributed by atoms with Crippen molar-refractivity contribution in [3.8, 4) is 0 Å². The van der Waals surface area contributed by atoms with Crippen LogP contribution in [0.1, 0.15) is 26.7 Å². The van der Waals surface area contributed by atoms with Crippen molar-refractivity contribution < 1.29 is 14.9 Å². The van der Waals surface area contributed by atoms with E-state index < -0.39 is 12.2 Å². The number of aliphatic hydroxyl groups excluding tert-OH is 2. The first-order valence-electron chi connectivity index (χ1n) is 5.55. The van der Waals surface area contributed by atoms with E-state index in [-0.39, 0.29) is 12.2 Å². The highest BCUT2D eigenvalue weighted by molar-refractivity contribution is 6.25. The van der Waals surface area contributed by atoms with E-state index in [4.69, 9.17) is 27.9 Å². The molecular weight excluding hydrogens is 263 g/mol. The Kier molecular flexibility index (Phi) is 9.88. The second kappa shape index (κ2) is 9.92. The molecule has 0 saturated heterocycles. The zero-order chi connectivity index (χ0) is 13.3. The van der Waals surface area contributed by atoms with Crippen molar-refractivity contribution >= 4 is 23.2 Å². The van der Waals surface area contributed by atoms with Crippen molar-refractivity contribution in [2.24, 2.45) is 0 Å². The van der Waals surface area contributed by atoms with Crippen molar-refractivity contribution in [2.75, 3.05) is 0 Å². The number of hydrogen-bond acceptors (Lipinski definition) is 3. The van der Waals surface area contributed by atoms with Crippen LogP contribution < -0.4 is 0 Å². The van der Waals surface area contributed by atoms with Crippen LogP contribution in [-0.2, 0) is 4.74 Å². The van der Waals surface area contributed by atoms with Gasteiger partial charge in [0.2, 0.25) is 0 Å². The minimum absolute atomic E-state index is 0.302. The van der Waals surface area contributed by atoms with Crippen LogP contribution in [0.2, 0.25) is 0 Å². The smallest absolute Gasteiger partial charge is 0.0799 e. The van der Waals surface area contributed by atoms with E-state index in [1.807, 2.05) is 0 Å². The van der Waals surface area contributed by atoms with Gasteiger partial charge >= 0.3 is 0 Å². The predicted molar refractivity (Wildman–Crippen MR) is 71.2 cm³/mol. The maximum Gasteiger partial charge on any atom is 0.0799 e. The van der Waals surface area contributed by atoms with E-state index in [2.05, 4.69) is 0 Å². The summed E-state index contributed by atoms with van der Waals surface area (Å²) in [4.78, 5) is 0. The predicted octanol–water partition coefficient (Wildman–Crippen LogP) is 2.79. The molecule has 2 N–H and O–H groups in total. The molecule has 0 aromatic carbocycles. The van der Waals surface area contributed by atoms with Crippen molar-refractivity contribution in [2.45, 2.75) is 51.1 Å². The molecule has 4 unspecified atom stereocenters. The first kappa shape index (κ1) is 16.9. The zero-order valence-corrected chi connectivity index (χ0v) is 11.6. The minimum atomic E-state index is -0.486. The van der Waals surface area contributed by atoms with E-state index in [1.54, 1.807) is 26.0 Å². The molecule has 0 aromatic rings. The van der Waals surface area contributed by atoms with Gasteiger partial charge in [-0.3, -0.25) is 0 Å². The van der Waals surface area contributed by atoms with Crippen LogP contribution >= 0.6 is 23.2 Å². The quantitative estimate of drug-likeness (QED) is 0.720. The fourth-order valence-corrected chi connectivity index (χ4v) is 1.74. The van der Waals surface area contributed by atoms with Gasteiger partial charge in [0, 0.05) is 23.9 Å². The molecule has 100 valence electrons.